The highest BCUT2D eigenvalue weighted by molar-refractivity contribution is 7.13. The summed E-state index contributed by atoms with van der Waals surface area (Å²) in [5, 5.41) is 24.3. The van der Waals surface area contributed by atoms with Crippen LogP contribution in [0.25, 0.3) is 43.4 Å². The number of phenols is 1. The summed E-state index contributed by atoms with van der Waals surface area (Å²) in [5.41, 5.74) is 5.41. The molecule has 7 aromatic rings. The molecule has 5 aliphatic heterocycles. The number of amides is 2. The molecule has 5 fully saturated rings. The molecule has 0 aliphatic carbocycles. The number of benzene rings is 3. The minimum Gasteiger partial charge on any atom is -0.508 e. The van der Waals surface area contributed by atoms with Gasteiger partial charge in [-0.2, -0.15) is 9.97 Å². The van der Waals surface area contributed by atoms with Crippen LogP contribution in [-0.2, 0) is 16.0 Å². The van der Waals surface area contributed by atoms with Gasteiger partial charge in [0.2, 0.25) is 11.8 Å². The van der Waals surface area contributed by atoms with E-state index in [2.05, 4.69) is 54.5 Å². The van der Waals surface area contributed by atoms with Crippen LogP contribution < -0.4 is 25.2 Å². The van der Waals surface area contributed by atoms with E-state index in [-0.39, 0.29) is 59.3 Å². The Bertz CT molecular complexity index is 3440. The molecule has 3 aromatic carbocycles. The number of nitrogens with one attached hydrogen (secondary N) is 2. The van der Waals surface area contributed by atoms with Crippen molar-refractivity contribution in [3.8, 4) is 33.5 Å². The van der Waals surface area contributed by atoms with Crippen molar-refractivity contribution < 1.29 is 32.7 Å². The number of alkyl halides is 1. The van der Waals surface area contributed by atoms with Gasteiger partial charge in [-0.1, -0.05) is 68.4 Å². The molecule has 5 saturated heterocycles. The number of fused-ring (bicyclic) bond motifs is 4. The third kappa shape index (κ3) is 11.4. The van der Waals surface area contributed by atoms with Crippen LogP contribution in [0.2, 0.25) is 0 Å². The fourth-order valence-corrected chi connectivity index (χ4v) is 14.5. The zero-order chi connectivity index (χ0) is 56.8. The average Bonchev–Trinajstić information content (AvgIpc) is 3.84. The lowest BCUT2D eigenvalue weighted by Gasteiger charge is -2.40. The molecule has 0 spiro atoms. The van der Waals surface area contributed by atoms with Crippen LogP contribution in [0.15, 0.2) is 76.9 Å². The monoisotopic (exact) mass is 1140 g/mol. The number of aromatic nitrogens is 5. The summed E-state index contributed by atoms with van der Waals surface area (Å²) in [6.07, 6.45) is 8.85. The highest BCUT2D eigenvalue weighted by atomic mass is 32.1. The zero-order valence-electron chi connectivity index (χ0n) is 47.7. The molecule has 3 N–H and O–H groups in total. The van der Waals surface area contributed by atoms with Gasteiger partial charge in [-0.3, -0.25) is 19.5 Å². The smallest absolute Gasteiger partial charge is 0.319 e. The molecular weight excluding hydrogens is 1060 g/mol. The number of hydrogen-bond donors (Lipinski definition) is 3. The van der Waals surface area contributed by atoms with Gasteiger partial charge in [-0.05, 0) is 129 Å². The van der Waals surface area contributed by atoms with E-state index in [0.29, 0.717) is 105 Å². The lowest BCUT2D eigenvalue weighted by molar-refractivity contribution is -0.141. The lowest BCUT2D eigenvalue weighted by Crippen LogP contribution is -2.51. The number of anilines is 2. The number of carbonyl (C=O) groups is 2. The normalized spacial score (nSPS) is 21.2. The summed E-state index contributed by atoms with van der Waals surface area (Å²) >= 11 is 1.61. The number of likely N-dealkylation sites (tertiary alicyclic amines) is 2. The van der Waals surface area contributed by atoms with Crippen molar-refractivity contribution in [3.63, 3.8) is 0 Å². The molecule has 432 valence electrons. The van der Waals surface area contributed by atoms with Crippen LogP contribution in [0.4, 0.5) is 20.4 Å². The SMILES string of the molecule is CCc1cccc2cc(O)cc(-c3ncc4c(N5CC6CCC(C5)N6)nc(OCCN5CCC(F)(CC6CCN(c7cc([C@H](C(=O)N8CCC[C@H]8C(=O)N[C@@H](C)c8ccc(-c9scnc9C)cc8)C(C)C)on7)CC6)CC5)nc4c3F)c12. The molecule has 2 amide bonds. The zero-order valence-corrected chi connectivity index (χ0v) is 48.5. The molecule has 16 nitrogen and oxygen atoms in total. The number of hydrogen-bond acceptors (Lipinski definition) is 15. The molecule has 0 saturated carbocycles. The second-order valence-electron chi connectivity index (χ2n) is 24.0. The minimum absolute atomic E-state index is 0.0277. The van der Waals surface area contributed by atoms with Crippen molar-refractivity contribution in [1.29, 1.82) is 0 Å². The molecule has 19 heteroatoms. The second kappa shape index (κ2) is 23.4. The van der Waals surface area contributed by atoms with E-state index in [4.69, 9.17) is 24.2 Å². The topological polar surface area (TPSA) is 178 Å². The Morgan fingerprint density at radius 1 is 0.939 bits per heavy atom. The molecule has 5 atom stereocenters. The summed E-state index contributed by atoms with van der Waals surface area (Å²) in [6.45, 7) is 15.4. The fourth-order valence-electron chi connectivity index (χ4n) is 13.7. The number of piperazine rings is 1. The van der Waals surface area contributed by atoms with E-state index in [1.165, 1.54) is 0 Å². The summed E-state index contributed by atoms with van der Waals surface area (Å²) in [4.78, 5) is 56.4. The number of aromatic hydroxyl groups is 1. The average molecular weight is 1140 g/mol. The fraction of sp³-hybridized carbons (Fsp3) is 0.508. The van der Waals surface area contributed by atoms with E-state index in [1.54, 1.807) is 34.6 Å². The van der Waals surface area contributed by atoms with Crippen LogP contribution in [0.3, 0.4) is 0 Å². The first kappa shape index (κ1) is 55.7. The van der Waals surface area contributed by atoms with Crippen LogP contribution in [0, 0.1) is 24.6 Å². The summed E-state index contributed by atoms with van der Waals surface area (Å²) in [5.74, 6) is 0.445. The Morgan fingerprint density at radius 2 is 1.71 bits per heavy atom. The summed E-state index contributed by atoms with van der Waals surface area (Å²) in [6, 6.07) is 19.1. The van der Waals surface area contributed by atoms with Crippen molar-refractivity contribution in [1.82, 2.24) is 45.5 Å². The van der Waals surface area contributed by atoms with E-state index < -0.39 is 23.4 Å². The van der Waals surface area contributed by atoms with Crippen molar-refractivity contribution >= 4 is 56.5 Å². The molecule has 82 heavy (non-hydrogen) atoms. The quantitative estimate of drug-likeness (QED) is 0.0784. The van der Waals surface area contributed by atoms with E-state index in [1.807, 2.05) is 69.6 Å². The second-order valence-corrected chi connectivity index (χ2v) is 24.9. The Balaban J connectivity index is 0.639. The number of rotatable bonds is 17. The van der Waals surface area contributed by atoms with Gasteiger partial charge >= 0.3 is 6.01 Å². The molecule has 5 aliphatic rings. The lowest BCUT2D eigenvalue weighted by atomic mass is 9.80. The van der Waals surface area contributed by atoms with Crippen LogP contribution in [0.5, 0.6) is 11.8 Å². The molecule has 9 heterocycles. The first-order valence-corrected chi connectivity index (χ1v) is 30.6. The number of piperidine rings is 2. The molecule has 4 aromatic heterocycles. The number of pyridine rings is 1. The minimum atomic E-state index is -1.27. The largest absolute Gasteiger partial charge is 0.508 e. The number of aryl methyl sites for hydroxylation is 2. The summed E-state index contributed by atoms with van der Waals surface area (Å²) < 4.78 is 46.1. The van der Waals surface area contributed by atoms with Crippen LogP contribution in [0.1, 0.15) is 120 Å². The van der Waals surface area contributed by atoms with Crippen molar-refractivity contribution in [2.75, 3.05) is 68.8 Å². The Labute approximate surface area is 482 Å². The van der Waals surface area contributed by atoms with E-state index >= 15 is 8.78 Å². The number of thiazole rings is 1. The van der Waals surface area contributed by atoms with Gasteiger partial charge in [0.15, 0.2) is 17.4 Å². The van der Waals surface area contributed by atoms with Crippen molar-refractivity contribution in [2.45, 2.75) is 135 Å². The Hall–Kier alpha value is -6.83. The van der Waals surface area contributed by atoms with Crippen LogP contribution >= 0.6 is 11.3 Å². The number of carbonyl (C=O) groups excluding carboxylic acids is 2. The maximum Gasteiger partial charge on any atom is 0.319 e. The number of halogens is 2. The first-order valence-electron chi connectivity index (χ1n) is 29.7. The van der Waals surface area contributed by atoms with Gasteiger partial charge in [0.1, 0.15) is 47.0 Å². The van der Waals surface area contributed by atoms with Gasteiger partial charge in [0.25, 0.3) is 0 Å². The standard InChI is InChI=1S/C63H75F2N11O5S/c1-6-41-9-7-10-44-29-47(77)30-48(54(41)44)56-55(64)57-49(33-66-56)59(75-34-45-16-17-46(35-75)69-45)71-62(70-57)80-28-27-73-25-20-63(65,21-26-73)32-40-18-23-74(24-19-40)52-31-51(81-72-52)53(37(2)3)61(79)76-22-8-11-50(76)60(78)68-38(4)42-12-14-43(15-13-42)58-39(5)67-36-82-58/h7,9-10,12-15,29-31,33,36-38,40,45-46,50,53,69,77H,6,8,11,16-28,32,34-35H2,1-5H3,(H,68,78)/t38-,45?,46?,50-,53+/m0/s1. The molecule has 0 radical (unpaired) electrons. The molecular formula is C63H75F2N11O5S. The number of phenolic OH excluding ortho intramolecular Hbond substituents is 1. The molecule has 2 unspecified atom stereocenters. The first-order chi connectivity index (χ1) is 39.7. The predicted molar refractivity (Wildman–Crippen MR) is 316 cm³/mol. The highest BCUT2D eigenvalue weighted by Crippen LogP contribution is 2.41. The van der Waals surface area contributed by atoms with Crippen LogP contribution in [-0.4, -0.2) is 135 Å². The number of ether oxygens (including phenoxy) is 1. The third-order valence-electron chi connectivity index (χ3n) is 18.2. The Morgan fingerprint density at radius 3 is 2.43 bits per heavy atom. The third-order valence-corrected chi connectivity index (χ3v) is 19.2. The molecule has 2 bridgehead atoms. The highest BCUT2D eigenvalue weighted by Gasteiger charge is 2.42. The van der Waals surface area contributed by atoms with Gasteiger partial charge in [-0.15, -0.1) is 11.3 Å². The molecule has 12 rings (SSSR count). The Kier molecular flexibility index (Phi) is 15.9. The van der Waals surface area contributed by atoms with Crippen molar-refractivity contribution in [3.05, 3.63) is 101 Å². The number of nitrogens with zero attached hydrogens (tertiary/aromatic N) is 9. The van der Waals surface area contributed by atoms with E-state index in [0.717, 1.165) is 89.6 Å². The predicted octanol–water partition coefficient (Wildman–Crippen LogP) is 10.7. The van der Waals surface area contributed by atoms with Gasteiger partial charge < -0.3 is 39.7 Å². The summed E-state index contributed by atoms with van der Waals surface area (Å²) in [7, 11) is 0. The van der Waals surface area contributed by atoms with Gasteiger partial charge in [0, 0.05) is 82.3 Å². The van der Waals surface area contributed by atoms with Gasteiger partial charge in [-0.25, -0.2) is 13.8 Å². The van der Waals surface area contributed by atoms with Crippen molar-refractivity contribution in [2.24, 2.45) is 11.8 Å². The maximum absolute atomic E-state index is 17.1. The maximum atomic E-state index is 17.1. The van der Waals surface area contributed by atoms with E-state index in [9.17, 15) is 14.7 Å². The van der Waals surface area contributed by atoms with Gasteiger partial charge in [0.05, 0.1) is 27.5 Å².